The summed E-state index contributed by atoms with van der Waals surface area (Å²) in [6.45, 7) is 4.41. The van der Waals surface area contributed by atoms with E-state index >= 15 is 0 Å². The molecule has 0 amide bonds. The number of rotatable bonds is 5. The van der Waals surface area contributed by atoms with Crippen LogP contribution in [-0.2, 0) is 5.60 Å². The van der Waals surface area contributed by atoms with E-state index in [2.05, 4.69) is 15.0 Å². The first-order chi connectivity index (χ1) is 11.6. The highest BCUT2D eigenvalue weighted by Gasteiger charge is 2.33. The van der Waals surface area contributed by atoms with Gasteiger partial charge in [0.15, 0.2) is 5.82 Å². The van der Waals surface area contributed by atoms with Crippen molar-refractivity contribution < 1.29 is 9.63 Å². The summed E-state index contributed by atoms with van der Waals surface area (Å²) in [4.78, 5) is 6.95. The molecule has 1 N–H and O–H groups in total. The van der Waals surface area contributed by atoms with Crippen molar-refractivity contribution in [3.63, 3.8) is 0 Å². The summed E-state index contributed by atoms with van der Waals surface area (Å²) < 4.78 is 5.42. The second-order valence-corrected chi connectivity index (χ2v) is 7.48. The molecule has 1 saturated heterocycles. The third-order valence-corrected chi connectivity index (χ3v) is 5.18. The molecule has 2 fully saturated rings. The van der Waals surface area contributed by atoms with E-state index in [1.54, 1.807) is 0 Å². The maximum absolute atomic E-state index is 10.9. The Hall–Kier alpha value is -1.72. The zero-order valence-corrected chi connectivity index (χ0v) is 14.2. The third-order valence-electron chi connectivity index (χ3n) is 5.18. The lowest BCUT2D eigenvalue weighted by Gasteiger charge is -2.36. The van der Waals surface area contributed by atoms with Gasteiger partial charge in [0.1, 0.15) is 0 Å². The van der Waals surface area contributed by atoms with Crippen LogP contribution in [0, 0.1) is 0 Å². The number of benzene rings is 1. The molecule has 5 heteroatoms. The van der Waals surface area contributed by atoms with E-state index in [0.717, 1.165) is 43.2 Å². The Bertz CT molecular complexity index is 679. The average molecular weight is 327 g/mol. The quantitative estimate of drug-likeness (QED) is 0.914. The van der Waals surface area contributed by atoms with Crippen LogP contribution in [0.5, 0.6) is 0 Å². The molecule has 0 unspecified atom stereocenters. The molecule has 2 heterocycles. The molecule has 5 nitrogen and oxygen atoms in total. The third kappa shape index (κ3) is 3.37. The molecule has 4 rings (SSSR count). The average Bonchev–Trinajstić information content (AvgIpc) is 3.32. The Morgan fingerprint density at radius 2 is 2.00 bits per heavy atom. The van der Waals surface area contributed by atoms with Crippen LogP contribution < -0.4 is 0 Å². The summed E-state index contributed by atoms with van der Waals surface area (Å²) in [7, 11) is 0. The van der Waals surface area contributed by atoms with Crippen molar-refractivity contribution in [1.29, 1.82) is 0 Å². The number of piperidine rings is 1. The topological polar surface area (TPSA) is 62.4 Å². The van der Waals surface area contributed by atoms with Crippen molar-refractivity contribution in [3.05, 3.63) is 47.6 Å². The van der Waals surface area contributed by atoms with Crippen molar-refractivity contribution in [1.82, 2.24) is 15.0 Å². The number of β-amino-alcohol motifs (C(OH)–C–C–N with tert-alkyl or cyclic N) is 1. The Morgan fingerprint density at radius 1 is 1.21 bits per heavy atom. The summed E-state index contributed by atoms with van der Waals surface area (Å²) >= 11 is 0. The van der Waals surface area contributed by atoms with Crippen molar-refractivity contribution in [2.75, 3.05) is 19.6 Å². The molecular weight excluding hydrogens is 302 g/mol. The minimum atomic E-state index is -0.848. The van der Waals surface area contributed by atoms with Crippen molar-refractivity contribution in [3.8, 4) is 0 Å². The van der Waals surface area contributed by atoms with Gasteiger partial charge in [-0.2, -0.15) is 4.98 Å². The minimum Gasteiger partial charge on any atom is -0.384 e. The van der Waals surface area contributed by atoms with Gasteiger partial charge in [-0.15, -0.1) is 0 Å². The number of hydrogen-bond donors (Lipinski definition) is 1. The fourth-order valence-electron chi connectivity index (χ4n) is 3.64. The van der Waals surface area contributed by atoms with Gasteiger partial charge in [-0.25, -0.2) is 0 Å². The first kappa shape index (κ1) is 15.8. The lowest BCUT2D eigenvalue weighted by atomic mass is 9.92. The predicted molar refractivity (Wildman–Crippen MR) is 90.7 cm³/mol. The summed E-state index contributed by atoms with van der Waals surface area (Å²) in [6.07, 6.45) is 4.55. The maximum atomic E-state index is 10.9. The van der Waals surface area contributed by atoms with Crippen LogP contribution in [0.2, 0.25) is 0 Å². The first-order valence-electron chi connectivity index (χ1n) is 8.95. The van der Waals surface area contributed by atoms with E-state index in [-0.39, 0.29) is 0 Å². The van der Waals surface area contributed by atoms with Crippen LogP contribution in [-0.4, -0.2) is 39.8 Å². The highest BCUT2D eigenvalue weighted by molar-refractivity contribution is 5.22. The second kappa shape index (κ2) is 6.30. The van der Waals surface area contributed by atoms with Gasteiger partial charge in [0, 0.05) is 24.9 Å². The van der Waals surface area contributed by atoms with E-state index in [1.807, 2.05) is 37.3 Å². The van der Waals surface area contributed by atoms with Gasteiger partial charge in [0.05, 0.1) is 5.60 Å². The van der Waals surface area contributed by atoms with Gasteiger partial charge in [-0.05, 0) is 44.7 Å². The Labute approximate surface area is 142 Å². The van der Waals surface area contributed by atoms with E-state index in [0.29, 0.717) is 18.4 Å². The normalized spacial score (nSPS) is 24.7. The van der Waals surface area contributed by atoms with Gasteiger partial charge in [0.2, 0.25) is 5.89 Å². The van der Waals surface area contributed by atoms with Crippen molar-refractivity contribution in [2.45, 2.75) is 50.0 Å². The molecule has 1 aliphatic heterocycles. The molecule has 0 radical (unpaired) electrons. The van der Waals surface area contributed by atoms with Crippen LogP contribution in [0.1, 0.15) is 61.7 Å². The summed E-state index contributed by atoms with van der Waals surface area (Å²) in [5.74, 6) is 2.48. The van der Waals surface area contributed by atoms with Crippen LogP contribution >= 0.6 is 0 Å². The highest BCUT2D eigenvalue weighted by Crippen LogP contribution is 2.39. The Kier molecular flexibility index (Phi) is 4.14. The number of hydrogen-bond acceptors (Lipinski definition) is 5. The maximum Gasteiger partial charge on any atom is 0.229 e. The molecule has 2 aromatic rings. The summed E-state index contributed by atoms with van der Waals surface area (Å²) in [5, 5.41) is 15.1. The predicted octanol–water partition coefficient (Wildman–Crippen LogP) is 3.03. The van der Waals surface area contributed by atoms with E-state index < -0.39 is 5.60 Å². The molecule has 0 spiro atoms. The summed E-state index contributed by atoms with van der Waals surface area (Å²) in [5.41, 5.74) is 0.113. The van der Waals surface area contributed by atoms with Gasteiger partial charge in [0.25, 0.3) is 0 Å². The monoisotopic (exact) mass is 327 g/mol. The molecule has 24 heavy (non-hydrogen) atoms. The van der Waals surface area contributed by atoms with E-state index in [4.69, 9.17) is 4.52 Å². The van der Waals surface area contributed by atoms with Crippen LogP contribution in [0.15, 0.2) is 34.9 Å². The van der Waals surface area contributed by atoms with Crippen molar-refractivity contribution >= 4 is 0 Å². The standard InChI is InChI=1S/C19H25N3O2/c1-19(23,16-7-3-2-4-8-16)13-22-11-5-6-15(12-22)17-20-18(24-21-17)14-9-10-14/h2-4,7-8,14-15,23H,5-6,9-13H2,1H3/t15-,19+/m0/s1. The molecule has 128 valence electrons. The Morgan fingerprint density at radius 3 is 2.75 bits per heavy atom. The van der Waals surface area contributed by atoms with Gasteiger partial charge >= 0.3 is 0 Å². The largest absolute Gasteiger partial charge is 0.384 e. The van der Waals surface area contributed by atoms with Gasteiger partial charge in [-0.1, -0.05) is 35.5 Å². The van der Waals surface area contributed by atoms with Gasteiger partial charge < -0.3 is 9.63 Å². The highest BCUT2D eigenvalue weighted by atomic mass is 16.5. The van der Waals surface area contributed by atoms with Gasteiger partial charge in [-0.3, -0.25) is 4.90 Å². The SMILES string of the molecule is C[C@@](O)(CN1CCC[C@H](c2noc(C3CC3)n2)C1)c1ccccc1. The number of aliphatic hydroxyl groups is 1. The minimum absolute atomic E-state index is 0.307. The molecule has 1 aromatic heterocycles. The smallest absolute Gasteiger partial charge is 0.229 e. The van der Waals surface area contributed by atoms with E-state index in [1.165, 1.54) is 12.8 Å². The lowest BCUT2D eigenvalue weighted by molar-refractivity contribution is 0.00748. The molecule has 2 atom stereocenters. The van der Waals surface area contributed by atoms with Crippen LogP contribution in [0.4, 0.5) is 0 Å². The zero-order chi connectivity index (χ0) is 16.6. The molecule has 1 saturated carbocycles. The molecule has 1 aromatic carbocycles. The van der Waals surface area contributed by atoms with Crippen molar-refractivity contribution in [2.24, 2.45) is 0 Å². The lowest BCUT2D eigenvalue weighted by Crippen LogP contribution is -2.43. The fourth-order valence-corrected chi connectivity index (χ4v) is 3.64. The number of nitrogens with zero attached hydrogens (tertiary/aromatic N) is 3. The molecule has 1 aliphatic carbocycles. The summed E-state index contributed by atoms with van der Waals surface area (Å²) in [6, 6.07) is 9.90. The zero-order valence-electron chi connectivity index (χ0n) is 14.2. The number of likely N-dealkylation sites (tertiary alicyclic amines) is 1. The second-order valence-electron chi connectivity index (χ2n) is 7.48. The van der Waals surface area contributed by atoms with Crippen LogP contribution in [0.25, 0.3) is 0 Å². The van der Waals surface area contributed by atoms with E-state index in [9.17, 15) is 5.11 Å². The molecule has 0 bridgehead atoms. The molecule has 2 aliphatic rings. The molecular formula is C19H25N3O2. The Balaban J connectivity index is 1.42. The number of aromatic nitrogens is 2. The fraction of sp³-hybridized carbons (Fsp3) is 0.579. The van der Waals surface area contributed by atoms with Crippen LogP contribution in [0.3, 0.4) is 0 Å². The first-order valence-corrected chi connectivity index (χ1v) is 8.95.